The smallest absolute Gasteiger partial charge is 0.359 e. The highest BCUT2D eigenvalue weighted by Crippen LogP contribution is 2.31. The van der Waals surface area contributed by atoms with Crippen molar-refractivity contribution in [1.29, 1.82) is 0 Å². The lowest BCUT2D eigenvalue weighted by atomic mass is 9.79. The summed E-state index contributed by atoms with van der Waals surface area (Å²) in [5, 5.41) is 11.4. The molecular weight excluding hydrogens is 490 g/mol. The van der Waals surface area contributed by atoms with E-state index in [0.717, 1.165) is 43.4 Å². The second kappa shape index (κ2) is 13.3. The van der Waals surface area contributed by atoms with Crippen LogP contribution in [-0.2, 0) is 11.2 Å². The average molecular weight is 526 g/mol. The van der Waals surface area contributed by atoms with Gasteiger partial charge in [-0.25, -0.2) is 4.79 Å². The highest BCUT2D eigenvalue weighted by atomic mass is 32.1. The van der Waals surface area contributed by atoms with E-state index in [1.54, 1.807) is 0 Å². The fraction of sp³-hybridized carbons (Fsp3) is 0.481. The molecule has 1 aromatic carbocycles. The number of thiophene rings is 1. The lowest BCUT2D eigenvalue weighted by Crippen LogP contribution is -2.43. The van der Waals surface area contributed by atoms with E-state index in [-0.39, 0.29) is 31.0 Å². The van der Waals surface area contributed by atoms with Gasteiger partial charge in [-0.15, -0.1) is 11.3 Å². The highest BCUT2D eigenvalue weighted by molar-refractivity contribution is 7.13. The Bertz CT molecular complexity index is 1110. The van der Waals surface area contributed by atoms with E-state index in [1.807, 2.05) is 17.5 Å². The van der Waals surface area contributed by atoms with E-state index < -0.39 is 6.09 Å². The maximum Gasteiger partial charge on any atom is 0.426 e. The van der Waals surface area contributed by atoms with Crippen LogP contribution in [0.15, 0.2) is 52.4 Å². The average Bonchev–Trinajstić information content (AvgIpc) is 3.58. The van der Waals surface area contributed by atoms with Crippen LogP contribution >= 0.6 is 11.3 Å². The number of carbonyl (C=O) groups excluding carboxylic acids is 2. The fourth-order valence-corrected chi connectivity index (χ4v) is 5.62. The molecule has 0 saturated heterocycles. The van der Waals surface area contributed by atoms with Gasteiger partial charge in [0.15, 0.2) is 0 Å². The largest absolute Gasteiger partial charge is 0.426 e. The van der Waals surface area contributed by atoms with Gasteiger partial charge in [0.2, 0.25) is 11.7 Å². The molecule has 0 radical (unpaired) electrons. The van der Waals surface area contributed by atoms with E-state index in [4.69, 9.17) is 9.26 Å². The fourth-order valence-electron chi connectivity index (χ4n) is 4.97. The minimum Gasteiger partial charge on any atom is -0.359 e. The van der Waals surface area contributed by atoms with Crippen molar-refractivity contribution in [3.05, 3.63) is 53.4 Å². The summed E-state index contributed by atoms with van der Waals surface area (Å²) in [7, 11) is 4.34. The van der Waals surface area contributed by atoms with E-state index >= 15 is 0 Å². The Morgan fingerprint density at radius 3 is 2.62 bits per heavy atom. The minimum absolute atomic E-state index is 0.0743. The molecule has 2 heterocycles. The van der Waals surface area contributed by atoms with Gasteiger partial charge >= 0.3 is 12.2 Å². The molecule has 198 valence electrons. The molecule has 37 heavy (non-hydrogen) atoms. The summed E-state index contributed by atoms with van der Waals surface area (Å²) in [6, 6.07) is 15.1. The maximum absolute atomic E-state index is 12.4. The Morgan fingerprint density at radius 1 is 1.14 bits per heavy atom. The zero-order chi connectivity index (χ0) is 26.0. The standard InChI is InChI=1S/C27H35N5O4S/c1-32(2)22(15-10-19-7-4-3-5-8-19)20-11-13-21(14-12-20)29-24(33)16-17-28-26(34)35-27-30-25(31-36-27)23-9-6-18-37-23/h3-9,18,20-22H,10-17H2,1-2H3,(H,28,34)(H,29,33). The Balaban J connectivity index is 1.12. The number of amides is 2. The molecule has 2 N–H and O–H groups in total. The van der Waals surface area contributed by atoms with Crippen molar-refractivity contribution in [3.8, 4) is 16.8 Å². The van der Waals surface area contributed by atoms with Crippen LogP contribution in [0.2, 0.25) is 0 Å². The number of hydrogen-bond acceptors (Lipinski definition) is 8. The first-order chi connectivity index (χ1) is 18.0. The van der Waals surface area contributed by atoms with Gasteiger partial charge in [-0.1, -0.05) is 41.6 Å². The summed E-state index contributed by atoms with van der Waals surface area (Å²) in [4.78, 5) is 31.6. The number of aryl methyl sites for hydroxylation is 1. The van der Waals surface area contributed by atoms with Gasteiger partial charge in [-0.3, -0.25) is 9.32 Å². The molecule has 0 aliphatic heterocycles. The first-order valence-corrected chi connectivity index (χ1v) is 13.7. The Kier molecular flexibility index (Phi) is 9.67. The van der Waals surface area contributed by atoms with Crippen LogP contribution < -0.4 is 15.4 Å². The molecule has 1 unspecified atom stereocenters. The van der Waals surface area contributed by atoms with Crippen molar-refractivity contribution in [2.75, 3.05) is 20.6 Å². The van der Waals surface area contributed by atoms with E-state index in [9.17, 15) is 9.59 Å². The Labute approximate surface area is 221 Å². The second-order valence-electron chi connectivity index (χ2n) is 9.66. The van der Waals surface area contributed by atoms with Crippen LogP contribution in [0.1, 0.15) is 44.1 Å². The van der Waals surface area contributed by atoms with Crippen molar-refractivity contribution in [3.63, 3.8) is 0 Å². The van der Waals surface area contributed by atoms with E-state index in [2.05, 4.69) is 70.1 Å². The zero-order valence-electron chi connectivity index (χ0n) is 21.4. The lowest BCUT2D eigenvalue weighted by molar-refractivity contribution is -0.122. The topological polar surface area (TPSA) is 110 Å². The normalized spacial score (nSPS) is 18.4. The molecule has 0 spiro atoms. The number of nitrogens with zero attached hydrogens (tertiary/aromatic N) is 3. The Morgan fingerprint density at radius 2 is 1.92 bits per heavy atom. The third kappa shape index (κ3) is 8.13. The van der Waals surface area contributed by atoms with Crippen molar-refractivity contribution in [2.45, 2.75) is 57.0 Å². The third-order valence-electron chi connectivity index (χ3n) is 6.87. The summed E-state index contributed by atoms with van der Waals surface area (Å²) in [6.07, 6.45) is 5.59. The van der Waals surface area contributed by atoms with Crippen LogP contribution in [0, 0.1) is 5.92 Å². The summed E-state index contributed by atoms with van der Waals surface area (Å²) in [6.45, 7) is 0.161. The number of rotatable bonds is 11. The predicted molar refractivity (Wildman–Crippen MR) is 142 cm³/mol. The lowest BCUT2D eigenvalue weighted by Gasteiger charge is -2.37. The summed E-state index contributed by atoms with van der Waals surface area (Å²) < 4.78 is 9.95. The number of nitrogens with one attached hydrogen (secondary N) is 2. The van der Waals surface area contributed by atoms with Crippen LogP contribution in [0.5, 0.6) is 6.08 Å². The number of carbonyl (C=O) groups is 2. The van der Waals surface area contributed by atoms with Crippen LogP contribution in [-0.4, -0.2) is 59.8 Å². The van der Waals surface area contributed by atoms with Crippen LogP contribution in [0.4, 0.5) is 4.79 Å². The van der Waals surface area contributed by atoms with Gasteiger partial charge in [-0.05, 0) is 75.5 Å². The van der Waals surface area contributed by atoms with Crippen molar-refractivity contribution in [1.82, 2.24) is 25.7 Å². The molecule has 9 nitrogen and oxygen atoms in total. The number of aromatic nitrogens is 2. The quantitative estimate of drug-likeness (QED) is 0.379. The summed E-state index contributed by atoms with van der Waals surface area (Å²) in [5.74, 6) is 0.920. The predicted octanol–water partition coefficient (Wildman–Crippen LogP) is 4.51. The number of hydrogen-bond donors (Lipinski definition) is 2. The minimum atomic E-state index is -0.736. The first-order valence-electron chi connectivity index (χ1n) is 12.8. The maximum atomic E-state index is 12.4. The molecule has 2 amide bonds. The Hall–Kier alpha value is -3.24. The van der Waals surface area contributed by atoms with Crippen LogP contribution in [0.3, 0.4) is 0 Å². The number of ether oxygens (including phenoxy) is 1. The summed E-state index contributed by atoms with van der Waals surface area (Å²) >= 11 is 1.46. The van der Waals surface area contributed by atoms with Gasteiger partial charge in [0, 0.05) is 25.0 Å². The SMILES string of the molecule is CN(C)C(CCc1ccccc1)C1CCC(NC(=O)CCNC(=O)Oc2nc(-c3cccs3)no2)CC1. The molecule has 1 aliphatic rings. The summed E-state index contributed by atoms with van der Waals surface area (Å²) in [5.41, 5.74) is 1.38. The van der Waals surface area contributed by atoms with Gasteiger partial charge in [0.05, 0.1) is 4.88 Å². The van der Waals surface area contributed by atoms with E-state index in [1.165, 1.54) is 16.9 Å². The molecule has 1 fully saturated rings. The second-order valence-corrected chi connectivity index (χ2v) is 10.6. The monoisotopic (exact) mass is 525 g/mol. The van der Waals surface area contributed by atoms with Gasteiger partial charge in [0.1, 0.15) is 0 Å². The third-order valence-corrected chi connectivity index (χ3v) is 7.73. The number of benzene rings is 1. The molecule has 1 atom stereocenters. The molecular formula is C27H35N5O4S. The van der Waals surface area contributed by atoms with E-state index in [0.29, 0.717) is 17.8 Å². The zero-order valence-corrected chi connectivity index (χ0v) is 22.2. The van der Waals surface area contributed by atoms with Gasteiger partial charge < -0.3 is 20.3 Å². The molecule has 4 rings (SSSR count). The molecule has 1 saturated carbocycles. The molecule has 1 aliphatic carbocycles. The van der Waals surface area contributed by atoms with Gasteiger partial charge in [-0.2, -0.15) is 4.98 Å². The molecule has 0 bridgehead atoms. The van der Waals surface area contributed by atoms with Crippen molar-refractivity contribution < 1.29 is 18.8 Å². The molecule has 3 aromatic rings. The first kappa shape index (κ1) is 26.8. The van der Waals surface area contributed by atoms with Crippen LogP contribution in [0.25, 0.3) is 10.7 Å². The highest BCUT2D eigenvalue weighted by Gasteiger charge is 2.29. The van der Waals surface area contributed by atoms with Crippen molar-refractivity contribution >= 4 is 23.3 Å². The molecule has 2 aromatic heterocycles. The van der Waals surface area contributed by atoms with Crippen molar-refractivity contribution in [2.24, 2.45) is 5.92 Å². The van der Waals surface area contributed by atoms with Gasteiger partial charge in [0.25, 0.3) is 0 Å². The molecule has 10 heteroatoms.